The van der Waals surface area contributed by atoms with Crippen molar-refractivity contribution in [2.24, 2.45) is 0 Å². The number of anilines is 1. The quantitative estimate of drug-likeness (QED) is 0.289. The summed E-state index contributed by atoms with van der Waals surface area (Å²) in [6.45, 7) is 1.40. The molecular weight excluding hydrogens is 569 g/mol. The van der Waals surface area contributed by atoms with Crippen LogP contribution >= 0.6 is 23.2 Å². The number of amides is 2. The third-order valence-corrected chi connectivity index (χ3v) is 9.61. The summed E-state index contributed by atoms with van der Waals surface area (Å²) in [5.41, 5.74) is 1.02. The molecule has 0 bridgehead atoms. The number of para-hydroxylation sites is 1. The van der Waals surface area contributed by atoms with Gasteiger partial charge in [0.2, 0.25) is 11.8 Å². The molecule has 0 saturated heterocycles. The van der Waals surface area contributed by atoms with Crippen LogP contribution in [0.4, 0.5) is 5.69 Å². The molecule has 0 aromatic heterocycles. The smallest absolute Gasteiger partial charge is 0.264 e. The SMILES string of the molecule is CCC(C(=O)NC1CCCC1)N(Cc1ccc(Cl)c(Cl)c1)C(=O)CN(c1ccccc1)S(=O)(=O)c1ccccc1. The van der Waals surface area contributed by atoms with E-state index in [0.29, 0.717) is 27.7 Å². The second-order valence-electron chi connectivity index (χ2n) is 9.84. The molecule has 0 heterocycles. The number of nitrogens with one attached hydrogen (secondary N) is 1. The van der Waals surface area contributed by atoms with Crippen LogP contribution in [0.5, 0.6) is 0 Å². The Morgan fingerprint density at radius 2 is 1.55 bits per heavy atom. The largest absolute Gasteiger partial charge is 0.352 e. The molecule has 1 N–H and O–H groups in total. The Balaban J connectivity index is 1.70. The van der Waals surface area contributed by atoms with E-state index in [4.69, 9.17) is 23.2 Å². The van der Waals surface area contributed by atoms with E-state index in [1.807, 2.05) is 6.92 Å². The summed E-state index contributed by atoms with van der Waals surface area (Å²) >= 11 is 12.4. The number of hydrogen-bond donors (Lipinski definition) is 1. The molecule has 0 radical (unpaired) electrons. The Kier molecular flexibility index (Phi) is 10.1. The first-order chi connectivity index (χ1) is 19.2. The maximum Gasteiger partial charge on any atom is 0.264 e. The van der Waals surface area contributed by atoms with Gasteiger partial charge in [-0.3, -0.25) is 13.9 Å². The van der Waals surface area contributed by atoms with Crippen molar-refractivity contribution in [2.75, 3.05) is 10.8 Å². The Bertz CT molecular complexity index is 1420. The minimum Gasteiger partial charge on any atom is -0.352 e. The zero-order valence-electron chi connectivity index (χ0n) is 22.3. The number of nitrogens with zero attached hydrogens (tertiary/aromatic N) is 2. The Hall–Kier alpha value is -3.07. The molecule has 3 aromatic rings. The predicted molar refractivity (Wildman–Crippen MR) is 159 cm³/mol. The topological polar surface area (TPSA) is 86.8 Å². The van der Waals surface area contributed by atoms with E-state index in [2.05, 4.69) is 5.32 Å². The lowest BCUT2D eigenvalue weighted by Gasteiger charge is -2.33. The van der Waals surface area contributed by atoms with E-state index in [1.54, 1.807) is 66.7 Å². The van der Waals surface area contributed by atoms with Crippen LogP contribution in [0, 0.1) is 0 Å². The summed E-state index contributed by atoms with van der Waals surface area (Å²) in [7, 11) is -4.09. The highest BCUT2D eigenvalue weighted by Crippen LogP contribution is 2.27. The number of benzene rings is 3. The zero-order valence-corrected chi connectivity index (χ0v) is 24.6. The van der Waals surface area contributed by atoms with Crippen LogP contribution in [-0.4, -0.2) is 43.8 Å². The van der Waals surface area contributed by atoms with Crippen LogP contribution in [0.25, 0.3) is 0 Å². The molecule has 212 valence electrons. The van der Waals surface area contributed by atoms with Gasteiger partial charge in [-0.05, 0) is 61.2 Å². The van der Waals surface area contributed by atoms with Crippen molar-refractivity contribution >= 4 is 50.7 Å². The van der Waals surface area contributed by atoms with Gasteiger partial charge < -0.3 is 10.2 Å². The molecule has 1 unspecified atom stereocenters. The standard InChI is InChI=1S/C30H33Cl2N3O4S/c1-2-28(30(37)33-23-11-9-10-12-23)34(20-22-17-18-26(31)27(32)19-22)29(36)21-35(24-13-5-3-6-14-24)40(38,39)25-15-7-4-8-16-25/h3-8,13-19,23,28H,2,9-12,20-21H2,1H3,(H,33,37). The van der Waals surface area contributed by atoms with Gasteiger partial charge in [0.25, 0.3) is 10.0 Å². The van der Waals surface area contributed by atoms with E-state index >= 15 is 0 Å². The van der Waals surface area contributed by atoms with Gasteiger partial charge in [-0.25, -0.2) is 8.42 Å². The van der Waals surface area contributed by atoms with Gasteiger partial charge in [-0.2, -0.15) is 0 Å². The molecule has 0 spiro atoms. The fraction of sp³-hybridized carbons (Fsp3) is 0.333. The first kappa shape index (κ1) is 29.9. The van der Waals surface area contributed by atoms with Crippen molar-refractivity contribution in [3.8, 4) is 0 Å². The highest BCUT2D eigenvalue weighted by atomic mass is 35.5. The molecule has 1 aliphatic rings. The van der Waals surface area contributed by atoms with Crippen LogP contribution in [0.15, 0.2) is 83.8 Å². The number of halogens is 2. The molecule has 0 aliphatic heterocycles. The van der Waals surface area contributed by atoms with Gasteiger partial charge in [-0.1, -0.05) is 85.4 Å². The van der Waals surface area contributed by atoms with Crippen LogP contribution in [0.1, 0.15) is 44.6 Å². The normalized spacial score (nSPS) is 14.5. The van der Waals surface area contributed by atoms with Gasteiger partial charge in [0.1, 0.15) is 12.6 Å². The van der Waals surface area contributed by atoms with Crippen molar-refractivity contribution in [3.05, 3.63) is 94.5 Å². The van der Waals surface area contributed by atoms with Gasteiger partial charge in [0.05, 0.1) is 20.6 Å². The number of carbonyl (C=O) groups is 2. The minimum atomic E-state index is -4.09. The van der Waals surface area contributed by atoms with Gasteiger partial charge in [0, 0.05) is 12.6 Å². The van der Waals surface area contributed by atoms with E-state index < -0.39 is 28.5 Å². The summed E-state index contributed by atoms with van der Waals surface area (Å²) in [6, 6.07) is 20.8. The summed E-state index contributed by atoms with van der Waals surface area (Å²) in [4.78, 5) is 29.1. The highest BCUT2D eigenvalue weighted by Gasteiger charge is 2.34. The van der Waals surface area contributed by atoms with Crippen LogP contribution in [-0.2, 0) is 26.2 Å². The molecule has 1 atom stereocenters. The first-order valence-corrected chi connectivity index (χ1v) is 15.6. The fourth-order valence-electron chi connectivity index (χ4n) is 4.96. The molecule has 7 nitrogen and oxygen atoms in total. The zero-order chi connectivity index (χ0) is 28.7. The average molecular weight is 603 g/mol. The maximum absolute atomic E-state index is 14.1. The molecule has 1 saturated carbocycles. The van der Waals surface area contributed by atoms with Gasteiger partial charge >= 0.3 is 0 Å². The lowest BCUT2D eigenvalue weighted by Crippen LogP contribution is -2.53. The fourth-order valence-corrected chi connectivity index (χ4v) is 6.72. The van der Waals surface area contributed by atoms with Crippen molar-refractivity contribution in [1.29, 1.82) is 0 Å². The predicted octanol–water partition coefficient (Wildman–Crippen LogP) is 6.05. The number of hydrogen-bond acceptors (Lipinski definition) is 4. The van der Waals surface area contributed by atoms with Crippen molar-refractivity contribution in [2.45, 2.75) is 62.6 Å². The Labute approximate surface area is 246 Å². The number of carbonyl (C=O) groups excluding carboxylic acids is 2. The lowest BCUT2D eigenvalue weighted by atomic mass is 10.1. The highest BCUT2D eigenvalue weighted by molar-refractivity contribution is 7.92. The monoisotopic (exact) mass is 601 g/mol. The third-order valence-electron chi connectivity index (χ3n) is 7.08. The summed E-state index contributed by atoms with van der Waals surface area (Å²) in [5.74, 6) is -0.761. The van der Waals surface area contributed by atoms with Gasteiger partial charge in [-0.15, -0.1) is 0 Å². The van der Waals surface area contributed by atoms with E-state index in [9.17, 15) is 18.0 Å². The van der Waals surface area contributed by atoms with Crippen molar-refractivity contribution < 1.29 is 18.0 Å². The minimum absolute atomic E-state index is 0.0559. The molecule has 4 rings (SSSR count). The maximum atomic E-state index is 14.1. The molecule has 10 heteroatoms. The number of sulfonamides is 1. The van der Waals surface area contributed by atoms with Crippen LogP contribution in [0.3, 0.4) is 0 Å². The lowest BCUT2D eigenvalue weighted by molar-refractivity contribution is -0.140. The molecule has 1 fully saturated rings. The second kappa shape index (κ2) is 13.5. The van der Waals surface area contributed by atoms with Crippen LogP contribution in [0.2, 0.25) is 10.0 Å². The Morgan fingerprint density at radius 3 is 2.15 bits per heavy atom. The average Bonchev–Trinajstić information content (AvgIpc) is 3.47. The van der Waals surface area contributed by atoms with Crippen molar-refractivity contribution in [1.82, 2.24) is 10.2 Å². The number of rotatable bonds is 11. The van der Waals surface area contributed by atoms with Gasteiger partial charge in [0.15, 0.2) is 0 Å². The van der Waals surface area contributed by atoms with Crippen molar-refractivity contribution in [3.63, 3.8) is 0 Å². The molecule has 40 heavy (non-hydrogen) atoms. The second-order valence-corrected chi connectivity index (χ2v) is 12.5. The summed E-state index contributed by atoms with van der Waals surface area (Å²) in [6.07, 6.45) is 4.26. The molecule has 2 amide bonds. The Morgan fingerprint density at radius 1 is 0.925 bits per heavy atom. The molecule has 1 aliphatic carbocycles. The van der Waals surface area contributed by atoms with Crippen LogP contribution < -0.4 is 9.62 Å². The first-order valence-electron chi connectivity index (χ1n) is 13.4. The summed E-state index contributed by atoms with van der Waals surface area (Å²) in [5, 5.41) is 3.80. The van der Waals surface area contributed by atoms with E-state index in [-0.39, 0.29) is 23.4 Å². The molecular formula is C30H33Cl2N3O4S. The summed E-state index contributed by atoms with van der Waals surface area (Å²) < 4.78 is 28.6. The van der Waals surface area contributed by atoms with E-state index in [0.717, 1.165) is 30.0 Å². The molecule has 3 aromatic carbocycles. The third kappa shape index (κ3) is 7.16. The van der Waals surface area contributed by atoms with E-state index in [1.165, 1.54) is 17.0 Å².